The zero-order valence-corrected chi connectivity index (χ0v) is 11.2. The molecule has 1 unspecified atom stereocenters. The van der Waals surface area contributed by atoms with Crippen LogP contribution in [0.15, 0.2) is 0 Å². The van der Waals surface area contributed by atoms with Gasteiger partial charge in [-0.1, -0.05) is 39.5 Å². The first-order chi connectivity index (χ1) is 7.18. The van der Waals surface area contributed by atoms with Crippen LogP contribution in [0.2, 0.25) is 0 Å². The van der Waals surface area contributed by atoms with Crippen molar-refractivity contribution in [2.75, 3.05) is 19.4 Å². The summed E-state index contributed by atoms with van der Waals surface area (Å²) < 4.78 is 22.3. The molecule has 0 aromatic carbocycles. The first-order valence-corrected chi connectivity index (χ1v) is 7.79. The van der Waals surface area contributed by atoms with Crippen molar-refractivity contribution in [3.63, 3.8) is 0 Å². The number of unbranched alkanes of at least 4 members (excludes halogenated alkanes) is 4. The van der Waals surface area contributed by atoms with Crippen LogP contribution in [-0.2, 0) is 13.6 Å². The Kier molecular flexibility index (Phi) is 9.48. The molecule has 1 atom stereocenters. The van der Waals surface area contributed by atoms with E-state index in [1.807, 2.05) is 13.8 Å². The van der Waals surface area contributed by atoms with Crippen LogP contribution < -0.4 is 0 Å². The van der Waals surface area contributed by atoms with Crippen LogP contribution in [0.3, 0.4) is 0 Å². The molecule has 0 heterocycles. The Labute approximate surface area is 94.1 Å². The lowest BCUT2D eigenvalue weighted by Crippen LogP contribution is -1.99. The minimum absolute atomic E-state index is 0.459. The highest BCUT2D eigenvalue weighted by Gasteiger charge is 2.20. The Balaban J connectivity index is 3.50. The average molecular weight is 236 g/mol. The second-order valence-electron chi connectivity index (χ2n) is 3.59. The Hall–Kier alpha value is 0.150. The van der Waals surface area contributed by atoms with Crippen molar-refractivity contribution in [1.29, 1.82) is 0 Å². The largest absolute Gasteiger partial charge is 0.330 e. The molecule has 0 amide bonds. The summed E-state index contributed by atoms with van der Waals surface area (Å²) in [6, 6.07) is 0. The highest BCUT2D eigenvalue weighted by atomic mass is 31.2. The minimum atomic E-state index is -2.76. The number of hydrogen-bond acceptors (Lipinski definition) is 3. The van der Waals surface area contributed by atoms with Crippen LogP contribution in [0.25, 0.3) is 0 Å². The summed E-state index contributed by atoms with van der Waals surface area (Å²) >= 11 is 0. The summed E-state index contributed by atoms with van der Waals surface area (Å²) in [7, 11) is -2.76. The fraction of sp³-hybridized carbons (Fsp3) is 1.00. The normalized spacial score (nSPS) is 15.1. The van der Waals surface area contributed by atoms with Gasteiger partial charge in [-0.3, -0.25) is 4.57 Å². The zero-order valence-electron chi connectivity index (χ0n) is 10.3. The van der Waals surface area contributed by atoms with E-state index in [0.717, 1.165) is 12.8 Å². The predicted molar refractivity (Wildman–Crippen MR) is 64.5 cm³/mol. The quantitative estimate of drug-likeness (QED) is 0.420. The lowest BCUT2D eigenvalue weighted by atomic mass is 10.2. The van der Waals surface area contributed by atoms with Gasteiger partial charge in [-0.15, -0.1) is 0 Å². The molecule has 0 aliphatic heterocycles. The molecule has 4 heteroatoms. The fourth-order valence-corrected chi connectivity index (χ4v) is 2.57. The first kappa shape index (κ1) is 15.2. The molecule has 0 aromatic heterocycles. The predicted octanol–water partition coefficient (Wildman–Crippen LogP) is 4.22. The summed E-state index contributed by atoms with van der Waals surface area (Å²) in [5.74, 6) is 0. The standard InChI is InChI=1S/C11H25O3P/c1-4-7-8-9-10-11-14-15(12,6-3)13-5-2/h4-11H2,1-3H3. The van der Waals surface area contributed by atoms with Crippen molar-refractivity contribution in [1.82, 2.24) is 0 Å². The minimum Gasteiger partial charge on any atom is -0.309 e. The number of rotatable bonds is 10. The van der Waals surface area contributed by atoms with Crippen molar-refractivity contribution < 1.29 is 13.6 Å². The van der Waals surface area contributed by atoms with Crippen molar-refractivity contribution >= 4 is 7.60 Å². The zero-order chi connectivity index (χ0) is 11.6. The van der Waals surface area contributed by atoms with E-state index in [1.165, 1.54) is 19.3 Å². The van der Waals surface area contributed by atoms with Crippen LogP contribution in [0.5, 0.6) is 0 Å². The van der Waals surface area contributed by atoms with Gasteiger partial charge in [0.05, 0.1) is 13.2 Å². The van der Waals surface area contributed by atoms with Gasteiger partial charge in [0.25, 0.3) is 0 Å². The van der Waals surface area contributed by atoms with E-state index in [0.29, 0.717) is 19.4 Å². The highest BCUT2D eigenvalue weighted by molar-refractivity contribution is 7.53. The Morgan fingerprint density at radius 1 is 0.933 bits per heavy atom. The summed E-state index contributed by atoms with van der Waals surface area (Å²) in [5.41, 5.74) is 0. The lowest BCUT2D eigenvalue weighted by Gasteiger charge is -2.15. The van der Waals surface area contributed by atoms with E-state index >= 15 is 0 Å². The van der Waals surface area contributed by atoms with Crippen molar-refractivity contribution in [3.8, 4) is 0 Å². The molecule has 15 heavy (non-hydrogen) atoms. The van der Waals surface area contributed by atoms with Crippen LogP contribution in [0.4, 0.5) is 0 Å². The molecule has 0 saturated carbocycles. The lowest BCUT2D eigenvalue weighted by molar-refractivity contribution is 0.209. The second kappa shape index (κ2) is 9.38. The van der Waals surface area contributed by atoms with E-state index < -0.39 is 7.60 Å². The van der Waals surface area contributed by atoms with Gasteiger partial charge in [0.2, 0.25) is 0 Å². The van der Waals surface area contributed by atoms with Crippen LogP contribution in [0, 0.1) is 0 Å². The molecule has 0 aromatic rings. The van der Waals surface area contributed by atoms with Crippen molar-refractivity contribution in [3.05, 3.63) is 0 Å². The molecule has 3 nitrogen and oxygen atoms in total. The molecule has 0 radical (unpaired) electrons. The SMILES string of the molecule is CCCCCCCOP(=O)(CC)OCC. The molecular formula is C11H25O3P. The van der Waals surface area contributed by atoms with Gasteiger partial charge in [-0.05, 0) is 13.3 Å². The monoisotopic (exact) mass is 236 g/mol. The Bertz CT molecular complexity index is 183. The molecule has 92 valence electrons. The third kappa shape index (κ3) is 8.01. The van der Waals surface area contributed by atoms with Gasteiger partial charge >= 0.3 is 7.60 Å². The molecule has 0 saturated heterocycles. The van der Waals surface area contributed by atoms with Crippen LogP contribution in [-0.4, -0.2) is 19.4 Å². The van der Waals surface area contributed by atoms with Gasteiger partial charge in [0, 0.05) is 6.16 Å². The van der Waals surface area contributed by atoms with Crippen LogP contribution in [0.1, 0.15) is 52.9 Å². The van der Waals surface area contributed by atoms with Gasteiger partial charge in [0.15, 0.2) is 0 Å². The summed E-state index contributed by atoms with van der Waals surface area (Å²) in [6.45, 7) is 6.90. The Morgan fingerprint density at radius 3 is 2.13 bits per heavy atom. The maximum absolute atomic E-state index is 11.8. The van der Waals surface area contributed by atoms with E-state index in [-0.39, 0.29) is 0 Å². The maximum Gasteiger partial charge on any atom is 0.330 e. The molecular weight excluding hydrogens is 211 g/mol. The smallest absolute Gasteiger partial charge is 0.309 e. The summed E-state index contributed by atoms with van der Waals surface area (Å²) in [6.07, 6.45) is 6.37. The first-order valence-electron chi connectivity index (χ1n) is 6.06. The summed E-state index contributed by atoms with van der Waals surface area (Å²) in [4.78, 5) is 0. The van der Waals surface area contributed by atoms with E-state index in [2.05, 4.69) is 6.92 Å². The Morgan fingerprint density at radius 2 is 1.60 bits per heavy atom. The van der Waals surface area contributed by atoms with Gasteiger partial charge < -0.3 is 9.05 Å². The van der Waals surface area contributed by atoms with Gasteiger partial charge in [-0.2, -0.15) is 0 Å². The number of hydrogen-bond donors (Lipinski definition) is 0. The molecule has 0 aliphatic carbocycles. The van der Waals surface area contributed by atoms with E-state index in [1.54, 1.807) is 0 Å². The van der Waals surface area contributed by atoms with Crippen LogP contribution >= 0.6 is 7.60 Å². The van der Waals surface area contributed by atoms with E-state index in [9.17, 15) is 4.57 Å². The molecule has 0 N–H and O–H groups in total. The second-order valence-corrected chi connectivity index (χ2v) is 5.96. The summed E-state index contributed by atoms with van der Waals surface area (Å²) in [5, 5.41) is 0. The molecule has 0 aliphatic rings. The highest BCUT2D eigenvalue weighted by Crippen LogP contribution is 2.47. The van der Waals surface area contributed by atoms with Gasteiger partial charge in [-0.25, -0.2) is 0 Å². The topological polar surface area (TPSA) is 35.5 Å². The van der Waals surface area contributed by atoms with Crippen molar-refractivity contribution in [2.45, 2.75) is 52.9 Å². The fourth-order valence-electron chi connectivity index (χ4n) is 1.33. The maximum atomic E-state index is 11.8. The third-order valence-electron chi connectivity index (χ3n) is 2.25. The molecule has 0 fully saturated rings. The van der Waals surface area contributed by atoms with E-state index in [4.69, 9.17) is 9.05 Å². The molecule has 0 bridgehead atoms. The molecule has 0 spiro atoms. The van der Waals surface area contributed by atoms with Gasteiger partial charge in [0.1, 0.15) is 0 Å². The van der Waals surface area contributed by atoms with Crippen molar-refractivity contribution in [2.24, 2.45) is 0 Å². The molecule has 0 rings (SSSR count). The average Bonchev–Trinajstić information content (AvgIpc) is 2.24. The third-order valence-corrected chi connectivity index (χ3v) is 4.25.